The van der Waals surface area contributed by atoms with Crippen LogP contribution in [0.2, 0.25) is 5.02 Å². The van der Waals surface area contributed by atoms with E-state index in [0.29, 0.717) is 41.4 Å². The van der Waals surface area contributed by atoms with Crippen LogP contribution in [0, 0.1) is 6.92 Å². The molecule has 0 aliphatic carbocycles. The van der Waals surface area contributed by atoms with Gasteiger partial charge in [-0.3, -0.25) is 4.79 Å². The van der Waals surface area contributed by atoms with E-state index in [9.17, 15) is 13.2 Å². The molecule has 4 nitrogen and oxygen atoms in total. The number of amides is 1. The first-order chi connectivity index (χ1) is 11.9. The summed E-state index contributed by atoms with van der Waals surface area (Å²) in [6.07, 6.45) is 0.894. The molecule has 1 heterocycles. The summed E-state index contributed by atoms with van der Waals surface area (Å²) in [5, 5.41) is 0.0493. The second-order valence-corrected chi connectivity index (χ2v) is 9.02. The Bertz CT molecular complexity index is 853. The molecule has 0 atom stereocenters. The van der Waals surface area contributed by atoms with Gasteiger partial charge in [-0.1, -0.05) is 29.3 Å². The molecular formula is C19H20ClNO3S. The number of piperidine rings is 1. The van der Waals surface area contributed by atoms with Gasteiger partial charge in [0.05, 0.1) is 10.1 Å². The highest BCUT2D eigenvalue weighted by molar-refractivity contribution is 7.92. The average molecular weight is 378 g/mol. The van der Waals surface area contributed by atoms with Crippen LogP contribution in [0.4, 0.5) is 0 Å². The van der Waals surface area contributed by atoms with Crippen molar-refractivity contribution < 1.29 is 13.2 Å². The number of benzene rings is 2. The molecule has 0 unspecified atom stereocenters. The summed E-state index contributed by atoms with van der Waals surface area (Å²) in [7, 11) is -3.39. The van der Waals surface area contributed by atoms with Crippen LogP contribution in [0.15, 0.2) is 53.4 Å². The fourth-order valence-electron chi connectivity index (χ4n) is 3.06. The quantitative estimate of drug-likeness (QED) is 0.819. The topological polar surface area (TPSA) is 54.5 Å². The van der Waals surface area contributed by atoms with Gasteiger partial charge < -0.3 is 4.90 Å². The van der Waals surface area contributed by atoms with E-state index in [1.54, 1.807) is 29.2 Å². The number of carbonyl (C=O) groups excluding carboxylic acids is 1. The number of hydrogen-bond acceptors (Lipinski definition) is 3. The third-order valence-corrected chi connectivity index (χ3v) is 7.14. The number of aryl methyl sites for hydroxylation is 1. The molecule has 0 aromatic heterocycles. The van der Waals surface area contributed by atoms with Gasteiger partial charge in [0.1, 0.15) is 0 Å². The fourth-order valence-corrected chi connectivity index (χ4v) is 4.92. The lowest BCUT2D eigenvalue weighted by atomic mass is 10.1. The first-order valence-corrected chi connectivity index (χ1v) is 10.2. The minimum absolute atomic E-state index is 0.0395. The summed E-state index contributed by atoms with van der Waals surface area (Å²) in [6.45, 7) is 2.87. The Balaban J connectivity index is 1.68. The lowest BCUT2D eigenvalue weighted by molar-refractivity contribution is 0.0725. The highest BCUT2D eigenvalue weighted by Gasteiger charge is 2.32. The Labute approximate surface area is 153 Å². The molecule has 1 aliphatic rings. The van der Waals surface area contributed by atoms with Gasteiger partial charge in [-0.15, -0.1) is 0 Å². The van der Waals surface area contributed by atoms with Gasteiger partial charge >= 0.3 is 0 Å². The Morgan fingerprint density at radius 1 is 1.00 bits per heavy atom. The Kier molecular flexibility index (Phi) is 5.16. The molecule has 2 aromatic carbocycles. The largest absolute Gasteiger partial charge is 0.339 e. The van der Waals surface area contributed by atoms with Gasteiger partial charge in [0.2, 0.25) is 0 Å². The van der Waals surface area contributed by atoms with E-state index in [4.69, 9.17) is 11.6 Å². The van der Waals surface area contributed by atoms with Crippen LogP contribution in [0.3, 0.4) is 0 Å². The molecular weight excluding hydrogens is 358 g/mol. The highest BCUT2D eigenvalue weighted by atomic mass is 35.5. The molecule has 0 bridgehead atoms. The maximum absolute atomic E-state index is 12.7. The van der Waals surface area contributed by atoms with Gasteiger partial charge in [0.25, 0.3) is 5.91 Å². The maximum Gasteiger partial charge on any atom is 0.253 e. The Morgan fingerprint density at radius 3 is 2.12 bits per heavy atom. The molecule has 132 valence electrons. The first kappa shape index (κ1) is 18.0. The number of nitrogens with zero attached hydrogens (tertiary/aromatic N) is 1. The second-order valence-electron chi connectivity index (χ2n) is 6.36. The minimum Gasteiger partial charge on any atom is -0.339 e. The molecule has 0 spiro atoms. The van der Waals surface area contributed by atoms with Gasteiger partial charge in [-0.25, -0.2) is 8.42 Å². The van der Waals surface area contributed by atoms with Crippen LogP contribution in [-0.4, -0.2) is 37.6 Å². The molecule has 25 heavy (non-hydrogen) atoms. The van der Waals surface area contributed by atoms with Crippen molar-refractivity contribution in [1.82, 2.24) is 4.90 Å². The van der Waals surface area contributed by atoms with E-state index in [-0.39, 0.29) is 5.91 Å². The predicted molar refractivity (Wildman–Crippen MR) is 98.7 cm³/mol. The normalized spacial score (nSPS) is 16.0. The highest BCUT2D eigenvalue weighted by Crippen LogP contribution is 2.26. The number of halogens is 1. The van der Waals surface area contributed by atoms with Crippen LogP contribution in [-0.2, 0) is 9.84 Å². The molecule has 2 aromatic rings. The summed E-state index contributed by atoms with van der Waals surface area (Å²) >= 11 is 5.83. The van der Waals surface area contributed by atoms with Crippen LogP contribution >= 0.6 is 11.6 Å². The first-order valence-electron chi connectivity index (χ1n) is 8.23. The minimum atomic E-state index is -3.39. The third-order valence-electron chi connectivity index (χ3n) is 4.61. The van der Waals surface area contributed by atoms with Crippen LogP contribution in [0.25, 0.3) is 0 Å². The molecule has 0 radical (unpaired) electrons. The van der Waals surface area contributed by atoms with E-state index in [1.807, 2.05) is 31.2 Å². The molecule has 0 N–H and O–H groups in total. The summed E-state index contributed by atoms with van der Waals surface area (Å²) in [5.41, 5.74) is 1.74. The molecule has 0 saturated carbocycles. The number of sulfone groups is 1. The maximum atomic E-state index is 12.7. The summed E-state index contributed by atoms with van der Waals surface area (Å²) in [4.78, 5) is 14.6. The molecule has 6 heteroatoms. The Morgan fingerprint density at radius 2 is 1.56 bits per heavy atom. The summed E-state index contributed by atoms with van der Waals surface area (Å²) in [5.74, 6) is -0.0395. The smallest absolute Gasteiger partial charge is 0.253 e. The van der Waals surface area contributed by atoms with E-state index >= 15 is 0 Å². The van der Waals surface area contributed by atoms with Crippen molar-refractivity contribution in [3.63, 3.8) is 0 Å². The van der Waals surface area contributed by atoms with Crippen molar-refractivity contribution in [2.24, 2.45) is 0 Å². The summed E-state index contributed by atoms with van der Waals surface area (Å²) < 4.78 is 25.5. The molecule has 1 fully saturated rings. The van der Waals surface area contributed by atoms with Crippen LogP contribution in [0.1, 0.15) is 28.8 Å². The number of carbonyl (C=O) groups is 1. The van der Waals surface area contributed by atoms with E-state index in [2.05, 4.69) is 0 Å². The van der Waals surface area contributed by atoms with Crippen molar-refractivity contribution in [1.29, 1.82) is 0 Å². The third kappa shape index (κ3) is 3.88. The number of hydrogen-bond donors (Lipinski definition) is 0. The second kappa shape index (κ2) is 7.18. The molecule has 1 amide bonds. The molecule has 1 saturated heterocycles. The van der Waals surface area contributed by atoms with Crippen molar-refractivity contribution in [3.05, 3.63) is 64.7 Å². The van der Waals surface area contributed by atoms with Crippen molar-refractivity contribution >= 4 is 27.3 Å². The zero-order valence-corrected chi connectivity index (χ0v) is 15.6. The van der Waals surface area contributed by atoms with Crippen molar-refractivity contribution in [3.8, 4) is 0 Å². The van der Waals surface area contributed by atoms with Crippen molar-refractivity contribution in [2.45, 2.75) is 29.9 Å². The SMILES string of the molecule is Cc1ccc(C(=O)N2CCC(S(=O)(=O)c3ccc(Cl)cc3)CC2)cc1. The van der Waals surface area contributed by atoms with E-state index in [0.717, 1.165) is 5.56 Å². The standard InChI is InChI=1S/C19H20ClNO3S/c1-14-2-4-15(5-3-14)19(22)21-12-10-18(11-13-21)25(23,24)17-8-6-16(20)7-9-17/h2-9,18H,10-13H2,1H3. The molecule has 3 rings (SSSR count). The zero-order valence-electron chi connectivity index (χ0n) is 14.0. The van der Waals surface area contributed by atoms with Gasteiger partial charge in [0.15, 0.2) is 9.84 Å². The van der Waals surface area contributed by atoms with Gasteiger partial charge in [0, 0.05) is 23.7 Å². The number of rotatable bonds is 3. The Hall–Kier alpha value is -1.85. The number of likely N-dealkylation sites (tertiary alicyclic amines) is 1. The fraction of sp³-hybridized carbons (Fsp3) is 0.316. The monoisotopic (exact) mass is 377 g/mol. The van der Waals surface area contributed by atoms with E-state index < -0.39 is 15.1 Å². The van der Waals surface area contributed by atoms with Crippen LogP contribution < -0.4 is 0 Å². The average Bonchev–Trinajstić information content (AvgIpc) is 2.62. The summed E-state index contributed by atoms with van der Waals surface area (Å²) in [6, 6.07) is 13.7. The molecule has 1 aliphatic heterocycles. The predicted octanol–water partition coefficient (Wildman–Crippen LogP) is 3.73. The van der Waals surface area contributed by atoms with Crippen LogP contribution in [0.5, 0.6) is 0 Å². The van der Waals surface area contributed by atoms with Crippen molar-refractivity contribution in [2.75, 3.05) is 13.1 Å². The zero-order chi connectivity index (χ0) is 18.0. The lowest BCUT2D eigenvalue weighted by Crippen LogP contribution is -2.42. The van der Waals surface area contributed by atoms with Gasteiger partial charge in [-0.05, 0) is 56.2 Å². The van der Waals surface area contributed by atoms with E-state index in [1.165, 1.54) is 0 Å². The van der Waals surface area contributed by atoms with Gasteiger partial charge in [-0.2, -0.15) is 0 Å². The lowest BCUT2D eigenvalue weighted by Gasteiger charge is -2.31.